The summed E-state index contributed by atoms with van der Waals surface area (Å²) >= 11 is 0. The number of hydrogen-bond acceptors (Lipinski definition) is 1. The number of rotatable bonds is 3. The molecular weight excluding hydrogens is 170 g/mol. The molecule has 0 aliphatic heterocycles. The molecule has 2 rings (SSSR count). The molecule has 0 unspecified atom stereocenters. The highest BCUT2D eigenvalue weighted by Crippen LogP contribution is 2.48. The Bertz CT molecular complexity index is 317. The molecule has 0 heterocycles. The summed E-state index contributed by atoms with van der Waals surface area (Å²) in [4.78, 5) is 0. The van der Waals surface area contributed by atoms with E-state index in [4.69, 9.17) is 5.73 Å². The van der Waals surface area contributed by atoms with Gasteiger partial charge in [0, 0.05) is 0 Å². The van der Waals surface area contributed by atoms with Crippen molar-refractivity contribution in [2.75, 3.05) is 6.54 Å². The maximum atomic E-state index is 5.82. The zero-order chi connectivity index (χ0) is 10.2. The fraction of sp³-hybridized carbons (Fsp3) is 0.538. The van der Waals surface area contributed by atoms with Crippen LogP contribution in [0.1, 0.15) is 29.5 Å². The lowest BCUT2D eigenvalue weighted by Crippen LogP contribution is -2.18. The van der Waals surface area contributed by atoms with E-state index in [1.807, 2.05) is 0 Å². The number of nitrogens with two attached hydrogens (primary N) is 1. The monoisotopic (exact) mass is 189 g/mol. The lowest BCUT2D eigenvalue weighted by molar-refractivity contribution is 0.518. The molecule has 1 aromatic rings. The van der Waals surface area contributed by atoms with Gasteiger partial charge in [0.1, 0.15) is 0 Å². The Morgan fingerprint density at radius 3 is 2.21 bits per heavy atom. The van der Waals surface area contributed by atoms with Gasteiger partial charge in [0.15, 0.2) is 0 Å². The molecule has 1 saturated carbocycles. The standard InChI is InChI=1S/C13H19N/c1-10-4-3-5-11(2)12(10)8-13(9-14)6-7-13/h3-5H,6-9,14H2,1-2H3. The molecule has 0 bridgehead atoms. The third kappa shape index (κ3) is 1.69. The molecule has 0 saturated heterocycles. The molecule has 1 heteroatoms. The van der Waals surface area contributed by atoms with E-state index in [0.717, 1.165) is 6.54 Å². The van der Waals surface area contributed by atoms with Crippen LogP contribution in [0.2, 0.25) is 0 Å². The highest BCUT2D eigenvalue weighted by Gasteiger charge is 2.41. The Balaban J connectivity index is 2.24. The zero-order valence-electron chi connectivity index (χ0n) is 9.14. The molecule has 2 N–H and O–H groups in total. The van der Waals surface area contributed by atoms with Gasteiger partial charge in [-0.15, -0.1) is 0 Å². The molecule has 0 amide bonds. The minimum absolute atomic E-state index is 0.455. The van der Waals surface area contributed by atoms with Crippen molar-refractivity contribution in [1.82, 2.24) is 0 Å². The Morgan fingerprint density at radius 2 is 1.79 bits per heavy atom. The van der Waals surface area contributed by atoms with Gasteiger partial charge in [-0.3, -0.25) is 0 Å². The van der Waals surface area contributed by atoms with Crippen molar-refractivity contribution in [3.8, 4) is 0 Å². The van der Waals surface area contributed by atoms with Crippen LogP contribution in [-0.2, 0) is 6.42 Å². The molecule has 0 spiro atoms. The van der Waals surface area contributed by atoms with E-state index in [2.05, 4.69) is 32.0 Å². The average Bonchev–Trinajstić information content (AvgIpc) is 2.93. The van der Waals surface area contributed by atoms with Crippen LogP contribution in [0.3, 0.4) is 0 Å². The predicted molar refractivity (Wildman–Crippen MR) is 60.3 cm³/mol. The Hall–Kier alpha value is -0.820. The topological polar surface area (TPSA) is 26.0 Å². The summed E-state index contributed by atoms with van der Waals surface area (Å²) in [5.41, 5.74) is 10.6. The summed E-state index contributed by atoms with van der Waals surface area (Å²) in [5.74, 6) is 0. The maximum Gasteiger partial charge on any atom is -0.00173 e. The number of benzene rings is 1. The van der Waals surface area contributed by atoms with Gasteiger partial charge in [-0.05, 0) is 61.8 Å². The summed E-state index contributed by atoms with van der Waals surface area (Å²) < 4.78 is 0. The van der Waals surface area contributed by atoms with E-state index < -0.39 is 0 Å². The first-order chi connectivity index (χ1) is 6.67. The van der Waals surface area contributed by atoms with Crippen molar-refractivity contribution in [3.05, 3.63) is 34.9 Å². The normalized spacial score (nSPS) is 18.2. The number of hydrogen-bond donors (Lipinski definition) is 1. The summed E-state index contributed by atoms with van der Waals surface area (Å²) in [7, 11) is 0. The first kappa shape index (κ1) is 9.72. The lowest BCUT2D eigenvalue weighted by Gasteiger charge is -2.16. The molecule has 1 fully saturated rings. The van der Waals surface area contributed by atoms with Crippen LogP contribution in [0.5, 0.6) is 0 Å². The second-order valence-electron chi connectivity index (χ2n) is 4.75. The molecule has 1 aliphatic rings. The van der Waals surface area contributed by atoms with Gasteiger partial charge in [0.05, 0.1) is 0 Å². The van der Waals surface area contributed by atoms with E-state index in [1.54, 1.807) is 0 Å². The van der Waals surface area contributed by atoms with Crippen molar-refractivity contribution in [2.45, 2.75) is 33.1 Å². The average molecular weight is 189 g/mol. The van der Waals surface area contributed by atoms with E-state index in [1.165, 1.54) is 36.0 Å². The van der Waals surface area contributed by atoms with E-state index in [9.17, 15) is 0 Å². The molecule has 1 aliphatic carbocycles. The number of aryl methyl sites for hydroxylation is 2. The molecule has 1 nitrogen and oxygen atoms in total. The fourth-order valence-corrected chi connectivity index (χ4v) is 2.13. The van der Waals surface area contributed by atoms with Crippen LogP contribution in [-0.4, -0.2) is 6.54 Å². The summed E-state index contributed by atoms with van der Waals surface area (Å²) in [6, 6.07) is 6.54. The van der Waals surface area contributed by atoms with Crippen molar-refractivity contribution >= 4 is 0 Å². The van der Waals surface area contributed by atoms with Crippen LogP contribution in [0.15, 0.2) is 18.2 Å². The van der Waals surface area contributed by atoms with Gasteiger partial charge in [-0.25, -0.2) is 0 Å². The van der Waals surface area contributed by atoms with Gasteiger partial charge < -0.3 is 5.73 Å². The smallest absolute Gasteiger partial charge is 0.00173 e. The highest BCUT2D eigenvalue weighted by atomic mass is 14.6. The van der Waals surface area contributed by atoms with Crippen molar-refractivity contribution in [3.63, 3.8) is 0 Å². The lowest BCUT2D eigenvalue weighted by atomic mass is 9.91. The molecule has 14 heavy (non-hydrogen) atoms. The van der Waals surface area contributed by atoms with Gasteiger partial charge in [-0.2, -0.15) is 0 Å². The van der Waals surface area contributed by atoms with Crippen LogP contribution in [0.25, 0.3) is 0 Å². The second kappa shape index (κ2) is 3.39. The van der Waals surface area contributed by atoms with Gasteiger partial charge in [0.2, 0.25) is 0 Å². The maximum absolute atomic E-state index is 5.82. The van der Waals surface area contributed by atoms with Gasteiger partial charge in [-0.1, -0.05) is 18.2 Å². The fourth-order valence-electron chi connectivity index (χ4n) is 2.13. The molecule has 0 atom stereocenters. The predicted octanol–water partition coefficient (Wildman–Crippen LogP) is 2.58. The SMILES string of the molecule is Cc1cccc(C)c1CC1(CN)CC1. The van der Waals surface area contributed by atoms with Crippen molar-refractivity contribution in [2.24, 2.45) is 11.1 Å². The summed E-state index contributed by atoms with van der Waals surface area (Å²) in [6.45, 7) is 5.25. The quantitative estimate of drug-likeness (QED) is 0.777. The molecule has 0 aromatic heterocycles. The largest absolute Gasteiger partial charge is 0.330 e. The molecule has 1 aromatic carbocycles. The third-order valence-electron chi connectivity index (χ3n) is 3.59. The van der Waals surface area contributed by atoms with Crippen LogP contribution >= 0.6 is 0 Å². The Labute approximate surface area is 86.3 Å². The van der Waals surface area contributed by atoms with Crippen molar-refractivity contribution < 1.29 is 0 Å². The third-order valence-corrected chi connectivity index (χ3v) is 3.59. The molecule has 0 radical (unpaired) electrons. The van der Waals surface area contributed by atoms with Crippen molar-refractivity contribution in [1.29, 1.82) is 0 Å². The molecule has 76 valence electrons. The van der Waals surface area contributed by atoms with E-state index in [-0.39, 0.29) is 0 Å². The zero-order valence-corrected chi connectivity index (χ0v) is 9.14. The van der Waals surface area contributed by atoms with Crippen LogP contribution in [0.4, 0.5) is 0 Å². The molecular formula is C13H19N. The van der Waals surface area contributed by atoms with Crippen LogP contribution < -0.4 is 5.73 Å². The summed E-state index contributed by atoms with van der Waals surface area (Å²) in [5, 5.41) is 0. The van der Waals surface area contributed by atoms with Gasteiger partial charge in [0.25, 0.3) is 0 Å². The summed E-state index contributed by atoms with van der Waals surface area (Å²) in [6.07, 6.45) is 3.82. The van der Waals surface area contributed by atoms with Crippen LogP contribution in [0, 0.1) is 19.3 Å². The van der Waals surface area contributed by atoms with E-state index >= 15 is 0 Å². The Morgan fingerprint density at radius 1 is 1.21 bits per heavy atom. The second-order valence-corrected chi connectivity index (χ2v) is 4.75. The Kier molecular flexibility index (Phi) is 2.36. The first-order valence-corrected chi connectivity index (χ1v) is 5.42. The minimum atomic E-state index is 0.455. The van der Waals surface area contributed by atoms with E-state index in [0.29, 0.717) is 5.41 Å². The van der Waals surface area contributed by atoms with Gasteiger partial charge >= 0.3 is 0 Å². The highest BCUT2D eigenvalue weighted by molar-refractivity contribution is 5.35. The minimum Gasteiger partial charge on any atom is -0.330 e. The first-order valence-electron chi connectivity index (χ1n) is 5.42.